The summed E-state index contributed by atoms with van der Waals surface area (Å²) in [7, 11) is 0. The van der Waals surface area contributed by atoms with Gasteiger partial charge in [0.2, 0.25) is 0 Å². The summed E-state index contributed by atoms with van der Waals surface area (Å²) in [5, 5.41) is 4.73. The third kappa shape index (κ3) is 3.15. The predicted molar refractivity (Wildman–Crippen MR) is 92.7 cm³/mol. The molecule has 1 heterocycles. The van der Waals surface area contributed by atoms with Gasteiger partial charge in [0.1, 0.15) is 0 Å². The van der Waals surface area contributed by atoms with Crippen molar-refractivity contribution in [2.45, 2.75) is 19.4 Å². The van der Waals surface area contributed by atoms with E-state index in [4.69, 9.17) is 23.2 Å². The van der Waals surface area contributed by atoms with Gasteiger partial charge in [-0.05, 0) is 42.3 Å². The number of halogens is 2. The molecule has 1 atom stereocenters. The molecule has 5 heteroatoms. The van der Waals surface area contributed by atoms with Crippen LogP contribution in [0.5, 0.6) is 0 Å². The van der Waals surface area contributed by atoms with E-state index in [9.17, 15) is 0 Å². The highest BCUT2D eigenvalue weighted by atomic mass is 35.5. The quantitative estimate of drug-likeness (QED) is 0.616. The van der Waals surface area contributed by atoms with Gasteiger partial charge in [-0.2, -0.15) is 0 Å². The molecule has 0 saturated carbocycles. The highest BCUT2D eigenvalue weighted by molar-refractivity contribution is 7.16. The second-order valence-corrected chi connectivity index (χ2v) is 6.51. The molecule has 0 radical (unpaired) electrons. The Morgan fingerprint density at radius 2 is 2.00 bits per heavy atom. The molecule has 0 fully saturated rings. The average molecular weight is 337 g/mol. The number of hydrogen-bond donors (Lipinski definition) is 1. The van der Waals surface area contributed by atoms with Crippen LogP contribution >= 0.6 is 34.5 Å². The van der Waals surface area contributed by atoms with Crippen molar-refractivity contribution < 1.29 is 0 Å². The molecule has 1 unspecified atom stereocenters. The summed E-state index contributed by atoms with van der Waals surface area (Å²) in [6.45, 7) is 2.14. The van der Waals surface area contributed by atoms with E-state index in [-0.39, 0.29) is 6.04 Å². The lowest BCUT2D eigenvalue weighted by Gasteiger charge is -2.19. The van der Waals surface area contributed by atoms with Crippen LogP contribution in [0.1, 0.15) is 24.9 Å². The van der Waals surface area contributed by atoms with Crippen molar-refractivity contribution in [2.75, 3.05) is 5.32 Å². The van der Waals surface area contributed by atoms with Crippen molar-refractivity contribution in [3.8, 4) is 0 Å². The molecular formula is C16H14Cl2N2S. The molecule has 0 saturated heterocycles. The van der Waals surface area contributed by atoms with Gasteiger partial charge >= 0.3 is 0 Å². The SMILES string of the molecule is CCC(Nc1ccc2ncsc2c1)c1ccc(Cl)c(Cl)c1. The first-order chi connectivity index (χ1) is 10.2. The lowest BCUT2D eigenvalue weighted by Crippen LogP contribution is -2.09. The maximum atomic E-state index is 6.11. The van der Waals surface area contributed by atoms with E-state index in [1.807, 2.05) is 29.8 Å². The molecule has 0 spiro atoms. The fourth-order valence-electron chi connectivity index (χ4n) is 2.30. The first-order valence-corrected chi connectivity index (χ1v) is 8.35. The van der Waals surface area contributed by atoms with Crippen LogP contribution in [0, 0.1) is 0 Å². The Kier molecular flexibility index (Phi) is 4.34. The molecule has 2 aromatic carbocycles. The Morgan fingerprint density at radius 3 is 2.76 bits per heavy atom. The third-order valence-electron chi connectivity index (χ3n) is 3.43. The van der Waals surface area contributed by atoms with Crippen LogP contribution in [0.15, 0.2) is 41.9 Å². The number of thiazole rings is 1. The van der Waals surface area contributed by atoms with Gasteiger partial charge in [0.05, 0.1) is 31.8 Å². The number of anilines is 1. The number of fused-ring (bicyclic) bond motifs is 1. The van der Waals surface area contributed by atoms with Crippen molar-refractivity contribution in [1.82, 2.24) is 4.98 Å². The number of aromatic nitrogens is 1. The number of nitrogens with zero attached hydrogens (tertiary/aromatic N) is 1. The van der Waals surface area contributed by atoms with E-state index in [0.717, 1.165) is 23.2 Å². The molecule has 3 aromatic rings. The minimum atomic E-state index is 0.199. The van der Waals surface area contributed by atoms with E-state index in [2.05, 4.69) is 29.4 Å². The minimum absolute atomic E-state index is 0.199. The van der Waals surface area contributed by atoms with Crippen LogP contribution in [0.4, 0.5) is 5.69 Å². The van der Waals surface area contributed by atoms with Crippen molar-refractivity contribution in [3.63, 3.8) is 0 Å². The van der Waals surface area contributed by atoms with Crippen molar-refractivity contribution >= 4 is 50.4 Å². The summed E-state index contributed by atoms with van der Waals surface area (Å²) >= 11 is 13.7. The van der Waals surface area contributed by atoms with E-state index >= 15 is 0 Å². The summed E-state index contributed by atoms with van der Waals surface area (Å²) in [5.41, 5.74) is 5.12. The molecule has 1 N–H and O–H groups in total. The molecule has 3 rings (SSSR count). The standard InChI is InChI=1S/C16H14Cl2N2S/c1-2-14(10-3-5-12(17)13(18)7-10)20-11-4-6-15-16(8-11)21-9-19-15/h3-9,14,20H,2H2,1H3. The lowest BCUT2D eigenvalue weighted by atomic mass is 10.0. The largest absolute Gasteiger partial charge is 0.378 e. The number of benzene rings is 2. The highest BCUT2D eigenvalue weighted by Crippen LogP contribution is 2.30. The third-order valence-corrected chi connectivity index (χ3v) is 4.96. The first kappa shape index (κ1) is 14.6. The summed E-state index contributed by atoms with van der Waals surface area (Å²) < 4.78 is 1.18. The summed E-state index contributed by atoms with van der Waals surface area (Å²) in [6.07, 6.45) is 0.957. The lowest BCUT2D eigenvalue weighted by molar-refractivity contribution is 0.750. The van der Waals surface area contributed by atoms with Gasteiger partial charge in [-0.3, -0.25) is 0 Å². The van der Waals surface area contributed by atoms with Crippen LogP contribution < -0.4 is 5.32 Å². The normalized spacial score (nSPS) is 12.5. The van der Waals surface area contributed by atoms with Crippen LogP contribution in [-0.4, -0.2) is 4.98 Å². The smallest absolute Gasteiger partial charge is 0.0813 e. The van der Waals surface area contributed by atoms with E-state index in [1.54, 1.807) is 11.3 Å². The average Bonchev–Trinajstić information content (AvgIpc) is 2.95. The Balaban J connectivity index is 1.87. The number of nitrogens with one attached hydrogen (secondary N) is 1. The molecule has 0 amide bonds. The molecular weight excluding hydrogens is 323 g/mol. The molecule has 21 heavy (non-hydrogen) atoms. The fraction of sp³-hybridized carbons (Fsp3) is 0.188. The zero-order valence-electron chi connectivity index (χ0n) is 11.4. The monoisotopic (exact) mass is 336 g/mol. The predicted octanol–water partition coefficient (Wildman–Crippen LogP) is 6.17. The summed E-state index contributed by atoms with van der Waals surface area (Å²) in [6, 6.07) is 12.2. The topological polar surface area (TPSA) is 24.9 Å². The number of hydrogen-bond acceptors (Lipinski definition) is 3. The van der Waals surface area contributed by atoms with Gasteiger partial charge in [-0.1, -0.05) is 36.2 Å². The minimum Gasteiger partial charge on any atom is -0.378 e. The Hall–Kier alpha value is -1.29. The van der Waals surface area contributed by atoms with Gasteiger partial charge in [0.15, 0.2) is 0 Å². The van der Waals surface area contributed by atoms with Gasteiger partial charge < -0.3 is 5.32 Å². The number of rotatable bonds is 4. The molecule has 0 aliphatic heterocycles. The molecule has 0 bridgehead atoms. The summed E-state index contributed by atoms with van der Waals surface area (Å²) in [5.74, 6) is 0. The van der Waals surface area contributed by atoms with Gasteiger partial charge in [-0.25, -0.2) is 4.98 Å². The Labute approximate surface area is 137 Å². The zero-order chi connectivity index (χ0) is 14.8. The maximum absolute atomic E-state index is 6.11. The van der Waals surface area contributed by atoms with Crippen LogP contribution in [0.25, 0.3) is 10.2 Å². The highest BCUT2D eigenvalue weighted by Gasteiger charge is 2.11. The molecule has 0 aliphatic carbocycles. The molecule has 0 aliphatic rings. The van der Waals surface area contributed by atoms with Crippen LogP contribution in [0.3, 0.4) is 0 Å². The van der Waals surface area contributed by atoms with Gasteiger partial charge in [-0.15, -0.1) is 11.3 Å². The fourth-order valence-corrected chi connectivity index (χ4v) is 3.32. The first-order valence-electron chi connectivity index (χ1n) is 6.72. The maximum Gasteiger partial charge on any atom is 0.0813 e. The van der Waals surface area contributed by atoms with Gasteiger partial charge in [0.25, 0.3) is 0 Å². The van der Waals surface area contributed by atoms with Crippen molar-refractivity contribution in [2.24, 2.45) is 0 Å². The second kappa shape index (κ2) is 6.22. The Morgan fingerprint density at radius 1 is 1.14 bits per heavy atom. The van der Waals surface area contributed by atoms with E-state index in [0.29, 0.717) is 10.0 Å². The summed E-state index contributed by atoms with van der Waals surface area (Å²) in [4.78, 5) is 4.30. The molecule has 1 aromatic heterocycles. The van der Waals surface area contributed by atoms with E-state index in [1.165, 1.54) is 4.70 Å². The van der Waals surface area contributed by atoms with E-state index < -0.39 is 0 Å². The second-order valence-electron chi connectivity index (χ2n) is 4.81. The zero-order valence-corrected chi connectivity index (χ0v) is 13.8. The molecule has 2 nitrogen and oxygen atoms in total. The van der Waals surface area contributed by atoms with Crippen molar-refractivity contribution in [3.05, 3.63) is 57.5 Å². The Bertz CT molecular complexity index is 770. The van der Waals surface area contributed by atoms with Crippen LogP contribution in [-0.2, 0) is 0 Å². The van der Waals surface area contributed by atoms with Gasteiger partial charge in [0, 0.05) is 5.69 Å². The van der Waals surface area contributed by atoms with Crippen molar-refractivity contribution in [1.29, 1.82) is 0 Å². The van der Waals surface area contributed by atoms with Crippen LogP contribution in [0.2, 0.25) is 10.0 Å². The molecule has 108 valence electrons.